The number of hydrogen-bond donors (Lipinski definition) is 1. The molecule has 1 N–H and O–H groups in total. The summed E-state index contributed by atoms with van der Waals surface area (Å²) < 4.78 is 11.6. The molecule has 1 saturated heterocycles. The third kappa shape index (κ3) is 4.50. The molecule has 1 aromatic rings. The Bertz CT molecular complexity index is 551. The predicted molar refractivity (Wildman–Crippen MR) is 99.5 cm³/mol. The van der Waals surface area contributed by atoms with Crippen LogP contribution in [0, 0.1) is 3.57 Å². The largest absolute Gasteiger partial charge is 0.493 e. The summed E-state index contributed by atoms with van der Waals surface area (Å²) in [6.45, 7) is 5.10. The van der Waals surface area contributed by atoms with Gasteiger partial charge in [0.05, 0.1) is 19.8 Å². The van der Waals surface area contributed by atoms with Crippen LogP contribution in [-0.2, 0) is 0 Å². The molecule has 0 saturated carbocycles. The van der Waals surface area contributed by atoms with Crippen LogP contribution in [0.5, 0.6) is 11.5 Å². The van der Waals surface area contributed by atoms with Gasteiger partial charge in [-0.15, -0.1) is 0 Å². The number of carbonyl (C=O) groups excluding carboxylic acids is 1. The van der Waals surface area contributed by atoms with Crippen molar-refractivity contribution in [2.24, 2.45) is 0 Å². The van der Waals surface area contributed by atoms with Crippen molar-refractivity contribution in [1.29, 1.82) is 0 Å². The molecule has 1 aliphatic heterocycles. The lowest BCUT2D eigenvalue weighted by Gasteiger charge is -2.24. The van der Waals surface area contributed by atoms with E-state index in [9.17, 15) is 4.79 Å². The van der Waals surface area contributed by atoms with Crippen LogP contribution in [0.4, 0.5) is 0 Å². The quantitative estimate of drug-likeness (QED) is 0.674. The molecule has 1 aliphatic rings. The number of hydrogen-bond acceptors (Lipinski definition) is 4. The molecular formula is C17H25IN2O3. The zero-order valence-electron chi connectivity index (χ0n) is 14.0. The Morgan fingerprint density at radius 3 is 2.83 bits per heavy atom. The summed E-state index contributed by atoms with van der Waals surface area (Å²) in [5.74, 6) is 0.960. The maximum atomic E-state index is 12.6. The van der Waals surface area contributed by atoms with E-state index in [1.54, 1.807) is 14.2 Å². The van der Waals surface area contributed by atoms with Crippen LogP contribution in [0.1, 0.15) is 36.5 Å². The molecule has 0 aromatic heterocycles. The van der Waals surface area contributed by atoms with Crippen LogP contribution in [-0.4, -0.2) is 50.7 Å². The van der Waals surface area contributed by atoms with Gasteiger partial charge in [0.25, 0.3) is 5.91 Å². The van der Waals surface area contributed by atoms with Crippen molar-refractivity contribution < 1.29 is 14.3 Å². The first-order valence-electron chi connectivity index (χ1n) is 8.04. The smallest absolute Gasteiger partial charge is 0.255 e. The number of amides is 1. The van der Waals surface area contributed by atoms with Gasteiger partial charge in [0.2, 0.25) is 0 Å². The van der Waals surface area contributed by atoms with Crippen molar-refractivity contribution >= 4 is 28.5 Å². The summed E-state index contributed by atoms with van der Waals surface area (Å²) in [6, 6.07) is 4.13. The van der Waals surface area contributed by atoms with E-state index in [0.29, 0.717) is 29.6 Å². The highest BCUT2D eigenvalue weighted by molar-refractivity contribution is 14.1. The Kier molecular flexibility index (Phi) is 6.95. The van der Waals surface area contributed by atoms with Gasteiger partial charge in [-0.25, -0.2) is 0 Å². The predicted octanol–water partition coefficient (Wildman–Crippen LogP) is 2.91. The zero-order valence-corrected chi connectivity index (χ0v) is 16.2. The topological polar surface area (TPSA) is 50.8 Å². The van der Waals surface area contributed by atoms with Gasteiger partial charge in [-0.1, -0.05) is 6.92 Å². The van der Waals surface area contributed by atoms with Gasteiger partial charge in [-0.05, 0) is 67.1 Å². The number of ether oxygens (including phenoxy) is 2. The molecule has 0 bridgehead atoms. The number of carbonyl (C=O) groups is 1. The molecule has 1 fully saturated rings. The minimum atomic E-state index is -0.109. The SMILES string of the molecule is CCCN1CCCC1CNC(=O)c1cc(I)cc(OC)c1OC. The zero-order chi connectivity index (χ0) is 16.8. The van der Waals surface area contributed by atoms with Crippen LogP contribution in [0.15, 0.2) is 12.1 Å². The van der Waals surface area contributed by atoms with E-state index in [1.807, 2.05) is 12.1 Å². The Labute approximate surface area is 151 Å². The Hall–Kier alpha value is -1.02. The second-order valence-corrected chi connectivity index (χ2v) is 6.98. The maximum absolute atomic E-state index is 12.6. The number of halogens is 1. The van der Waals surface area contributed by atoms with E-state index < -0.39 is 0 Å². The van der Waals surface area contributed by atoms with Crippen molar-refractivity contribution in [3.63, 3.8) is 0 Å². The highest BCUT2D eigenvalue weighted by Crippen LogP contribution is 2.33. The average molecular weight is 432 g/mol. The lowest BCUT2D eigenvalue weighted by Crippen LogP contribution is -2.40. The lowest BCUT2D eigenvalue weighted by molar-refractivity contribution is 0.0937. The van der Waals surface area contributed by atoms with Crippen LogP contribution >= 0.6 is 22.6 Å². The summed E-state index contributed by atoms with van der Waals surface area (Å²) in [4.78, 5) is 15.1. The van der Waals surface area contributed by atoms with Crippen LogP contribution in [0.25, 0.3) is 0 Å². The maximum Gasteiger partial charge on any atom is 0.255 e. The highest BCUT2D eigenvalue weighted by Gasteiger charge is 2.25. The van der Waals surface area contributed by atoms with Crippen LogP contribution < -0.4 is 14.8 Å². The van der Waals surface area contributed by atoms with E-state index in [2.05, 4.69) is 39.7 Å². The van der Waals surface area contributed by atoms with E-state index in [1.165, 1.54) is 6.42 Å². The van der Waals surface area contributed by atoms with Gasteiger partial charge in [0.1, 0.15) is 0 Å². The molecule has 1 aromatic carbocycles. The van der Waals surface area contributed by atoms with Gasteiger partial charge >= 0.3 is 0 Å². The van der Waals surface area contributed by atoms with Gasteiger partial charge in [-0.3, -0.25) is 9.69 Å². The van der Waals surface area contributed by atoms with Crippen LogP contribution in [0.3, 0.4) is 0 Å². The summed E-state index contributed by atoms with van der Waals surface area (Å²) >= 11 is 2.18. The Balaban J connectivity index is 2.07. The molecule has 1 heterocycles. The summed E-state index contributed by atoms with van der Waals surface area (Å²) in [5, 5.41) is 3.06. The summed E-state index contributed by atoms with van der Waals surface area (Å²) in [7, 11) is 3.14. The lowest BCUT2D eigenvalue weighted by atomic mass is 10.1. The first kappa shape index (κ1) is 18.3. The summed E-state index contributed by atoms with van der Waals surface area (Å²) in [6.07, 6.45) is 3.50. The summed E-state index contributed by atoms with van der Waals surface area (Å²) in [5.41, 5.74) is 0.524. The molecule has 0 spiro atoms. The van der Waals surface area contributed by atoms with Crippen molar-refractivity contribution in [3.8, 4) is 11.5 Å². The van der Waals surface area contributed by atoms with Gasteiger partial charge in [0.15, 0.2) is 11.5 Å². The number of benzene rings is 1. The molecule has 5 nitrogen and oxygen atoms in total. The second kappa shape index (κ2) is 8.73. The van der Waals surface area contributed by atoms with Crippen LogP contribution in [0.2, 0.25) is 0 Å². The standard InChI is InChI=1S/C17H25IN2O3/c1-4-7-20-8-5-6-13(20)11-19-17(21)14-9-12(18)10-15(22-2)16(14)23-3/h9-10,13H,4-8,11H2,1-3H3,(H,19,21). The fourth-order valence-corrected chi connectivity index (χ4v) is 3.71. The number of likely N-dealkylation sites (tertiary alicyclic amines) is 1. The van der Waals surface area contributed by atoms with E-state index in [-0.39, 0.29) is 5.91 Å². The Morgan fingerprint density at radius 2 is 2.17 bits per heavy atom. The van der Waals surface area contributed by atoms with E-state index in [0.717, 1.165) is 29.5 Å². The Morgan fingerprint density at radius 1 is 1.39 bits per heavy atom. The minimum Gasteiger partial charge on any atom is -0.493 e. The van der Waals surface area contributed by atoms with Gasteiger partial charge in [-0.2, -0.15) is 0 Å². The first-order chi connectivity index (χ1) is 11.1. The van der Waals surface area contributed by atoms with Crippen molar-refractivity contribution in [3.05, 3.63) is 21.3 Å². The van der Waals surface area contributed by atoms with Gasteiger partial charge in [0, 0.05) is 16.2 Å². The molecule has 1 unspecified atom stereocenters. The minimum absolute atomic E-state index is 0.109. The molecule has 2 rings (SSSR count). The normalized spacial score (nSPS) is 18.0. The molecule has 128 valence electrons. The second-order valence-electron chi connectivity index (χ2n) is 5.73. The molecule has 6 heteroatoms. The molecule has 1 amide bonds. The fraction of sp³-hybridized carbons (Fsp3) is 0.588. The molecule has 1 atom stereocenters. The number of rotatable bonds is 7. The number of methoxy groups -OCH3 is 2. The highest BCUT2D eigenvalue weighted by atomic mass is 127. The van der Waals surface area contributed by atoms with E-state index in [4.69, 9.17) is 9.47 Å². The molecule has 0 aliphatic carbocycles. The van der Waals surface area contributed by atoms with Crippen molar-refractivity contribution in [2.45, 2.75) is 32.2 Å². The van der Waals surface area contributed by atoms with Gasteiger partial charge < -0.3 is 14.8 Å². The average Bonchev–Trinajstić information content (AvgIpc) is 2.99. The van der Waals surface area contributed by atoms with Crippen molar-refractivity contribution in [1.82, 2.24) is 10.2 Å². The third-order valence-corrected chi connectivity index (χ3v) is 4.82. The first-order valence-corrected chi connectivity index (χ1v) is 9.12. The molecular weight excluding hydrogens is 407 g/mol. The van der Waals surface area contributed by atoms with Crippen molar-refractivity contribution in [2.75, 3.05) is 33.9 Å². The number of nitrogens with one attached hydrogen (secondary N) is 1. The molecule has 23 heavy (non-hydrogen) atoms. The fourth-order valence-electron chi connectivity index (χ4n) is 3.11. The number of nitrogens with zero attached hydrogens (tertiary/aromatic N) is 1. The van der Waals surface area contributed by atoms with E-state index >= 15 is 0 Å². The third-order valence-electron chi connectivity index (χ3n) is 4.20. The monoisotopic (exact) mass is 432 g/mol. The molecule has 0 radical (unpaired) electrons.